The first-order chi connectivity index (χ1) is 12.3. The molecule has 0 N–H and O–H groups in total. The van der Waals surface area contributed by atoms with Gasteiger partial charge in [-0.15, -0.1) is 0 Å². The Kier molecular flexibility index (Phi) is 2.98. The van der Waals surface area contributed by atoms with Gasteiger partial charge in [0.1, 0.15) is 0 Å². The van der Waals surface area contributed by atoms with Gasteiger partial charge in [0.25, 0.3) is 0 Å². The quantitative estimate of drug-likeness (QED) is 0.533. The maximum atomic E-state index is 12.3. The normalized spacial score (nSPS) is 14.5. The van der Waals surface area contributed by atoms with Gasteiger partial charge in [-0.2, -0.15) is 0 Å². The molecule has 3 nitrogen and oxygen atoms in total. The third-order valence-electron chi connectivity index (χ3n) is 5.25. The molecular weight excluding hydrogens is 308 g/mol. The maximum Gasteiger partial charge on any atom is 0.189 e. The summed E-state index contributed by atoms with van der Waals surface area (Å²) in [5.41, 5.74) is 4.73. The van der Waals surface area contributed by atoms with E-state index >= 15 is 0 Å². The van der Waals surface area contributed by atoms with Crippen LogP contribution in [0.3, 0.4) is 0 Å². The number of rotatable bonds is 2. The molecule has 0 aliphatic heterocycles. The molecule has 122 valence electrons. The Bertz CT molecular complexity index is 1230. The minimum atomic E-state index is 0.0796. The molecule has 0 fully saturated rings. The first-order valence-electron chi connectivity index (χ1n) is 8.63. The van der Waals surface area contributed by atoms with Crippen LogP contribution in [0.15, 0.2) is 77.4 Å². The van der Waals surface area contributed by atoms with E-state index in [4.69, 9.17) is 0 Å². The largest absolute Gasteiger partial charge is 0.346 e. The minimum absolute atomic E-state index is 0.0796. The fraction of sp³-hybridized carbons (Fsp3) is 0.136. The average Bonchev–Trinajstić information content (AvgIpc) is 3.00. The first-order valence-corrected chi connectivity index (χ1v) is 8.63. The van der Waals surface area contributed by atoms with Gasteiger partial charge < -0.3 is 9.30 Å². The molecule has 5 rings (SSSR count). The van der Waals surface area contributed by atoms with Crippen molar-refractivity contribution in [1.82, 2.24) is 4.40 Å². The van der Waals surface area contributed by atoms with Gasteiger partial charge in [-0.25, -0.2) is 0 Å². The predicted octanol–water partition coefficient (Wildman–Crippen LogP) is 4.71. The van der Waals surface area contributed by atoms with E-state index in [0.717, 1.165) is 34.6 Å². The first kappa shape index (κ1) is 14.3. The summed E-state index contributed by atoms with van der Waals surface area (Å²) >= 11 is 0. The second kappa shape index (κ2) is 5.21. The van der Waals surface area contributed by atoms with Crippen LogP contribution in [0.1, 0.15) is 12.8 Å². The summed E-state index contributed by atoms with van der Waals surface area (Å²) in [6, 6.07) is 14.1. The fourth-order valence-electron chi connectivity index (χ4n) is 4.01. The number of aromatic nitrogens is 1. The van der Waals surface area contributed by atoms with Gasteiger partial charge in [-0.05, 0) is 31.1 Å². The van der Waals surface area contributed by atoms with Gasteiger partial charge in [-0.1, -0.05) is 36.4 Å². The fourth-order valence-corrected chi connectivity index (χ4v) is 4.01. The molecule has 4 aromatic rings. The number of para-hydroxylation sites is 2. The Balaban J connectivity index is 1.90. The Hall–Kier alpha value is -3.07. The zero-order chi connectivity index (χ0) is 17.0. The van der Waals surface area contributed by atoms with E-state index in [2.05, 4.69) is 58.8 Å². The molecule has 1 aliphatic rings. The van der Waals surface area contributed by atoms with Gasteiger partial charge in [0.2, 0.25) is 0 Å². The highest BCUT2D eigenvalue weighted by atomic mass is 16.1. The Morgan fingerprint density at radius 2 is 1.72 bits per heavy atom. The molecular formula is C22H18N2O. The van der Waals surface area contributed by atoms with Crippen LogP contribution in [0, 0.1) is 0 Å². The van der Waals surface area contributed by atoms with Crippen LogP contribution in [0.4, 0.5) is 5.69 Å². The molecule has 1 aliphatic carbocycles. The van der Waals surface area contributed by atoms with Crippen molar-refractivity contribution in [2.24, 2.45) is 0 Å². The van der Waals surface area contributed by atoms with E-state index < -0.39 is 0 Å². The second-order valence-electron chi connectivity index (χ2n) is 6.61. The predicted molar refractivity (Wildman–Crippen MR) is 105 cm³/mol. The Morgan fingerprint density at radius 1 is 0.960 bits per heavy atom. The molecule has 0 amide bonds. The van der Waals surface area contributed by atoms with Crippen molar-refractivity contribution >= 4 is 32.9 Å². The van der Waals surface area contributed by atoms with Gasteiger partial charge in [0, 0.05) is 41.2 Å². The number of benzene rings is 2. The zero-order valence-electron chi connectivity index (χ0n) is 14.1. The molecule has 3 heteroatoms. The third kappa shape index (κ3) is 1.96. The van der Waals surface area contributed by atoms with Gasteiger partial charge in [0.15, 0.2) is 5.43 Å². The SMILES string of the molecule is CN(C1=CC=CCC1)c1cccc2c3cccc4c(=O)ccn(c12)c43. The summed E-state index contributed by atoms with van der Waals surface area (Å²) in [6.45, 7) is 0. The summed E-state index contributed by atoms with van der Waals surface area (Å²) in [5, 5.41) is 3.11. The van der Waals surface area contributed by atoms with Crippen LogP contribution in [0.2, 0.25) is 0 Å². The lowest BCUT2D eigenvalue weighted by molar-refractivity contribution is 0.897. The van der Waals surface area contributed by atoms with Crippen molar-refractivity contribution in [1.29, 1.82) is 0 Å². The zero-order valence-corrected chi connectivity index (χ0v) is 14.1. The summed E-state index contributed by atoms with van der Waals surface area (Å²) in [4.78, 5) is 14.6. The van der Waals surface area contributed by atoms with Crippen molar-refractivity contribution in [2.45, 2.75) is 12.8 Å². The Labute approximate surface area is 145 Å². The van der Waals surface area contributed by atoms with E-state index in [-0.39, 0.29) is 5.43 Å². The molecule has 2 heterocycles. The number of hydrogen-bond donors (Lipinski definition) is 0. The lowest BCUT2D eigenvalue weighted by Crippen LogP contribution is -2.17. The topological polar surface area (TPSA) is 24.7 Å². The van der Waals surface area contributed by atoms with E-state index in [9.17, 15) is 4.79 Å². The monoisotopic (exact) mass is 326 g/mol. The minimum Gasteiger partial charge on any atom is -0.346 e. The molecule has 25 heavy (non-hydrogen) atoms. The molecule has 0 radical (unpaired) electrons. The smallest absolute Gasteiger partial charge is 0.189 e. The highest BCUT2D eigenvalue weighted by Gasteiger charge is 2.18. The summed E-state index contributed by atoms with van der Waals surface area (Å²) < 4.78 is 2.17. The van der Waals surface area contributed by atoms with Crippen molar-refractivity contribution in [3.05, 3.63) is 82.8 Å². The van der Waals surface area contributed by atoms with Gasteiger partial charge >= 0.3 is 0 Å². The number of nitrogens with zero attached hydrogens (tertiary/aromatic N) is 2. The number of pyridine rings is 1. The maximum absolute atomic E-state index is 12.3. The standard InChI is InChI=1S/C22H18N2O/c1-23(15-7-3-2-4-8-15)19-12-6-10-17-16-9-5-11-18-20(25)13-14-24(21(16)18)22(17)19/h2-3,5-7,9-14H,4,8H2,1H3. The van der Waals surface area contributed by atoms with Crippen LogP contribution in [0.25, 0.3) is 27.2 Å². The average molecular weight is 326 g/mol. The van der Waals surface area contributed by atoms with Crippen molar-refractivity contribution in [2.75, 3.05) is 11.9 Å². The summed E-state index contributed by atoms with van der Waals surface area (Å²) in [6.07, 6.45) is 10.5. The van der Waals surface area contributed by atoms with Crippen LogP contribution < -0.4 is 10.3 Å². The van der Waals surface area contributed by atoms with E-state index in [1.807, 2.05) is 18.3 Å². The molecule has 0 saturated heterocycles. The third-order valence-corrected chi connectivity index (χ3v) is 5.25. The summed E-state index contributed by atoms with van der Waals surface area (Å²) in [5.74, 6) is 0. The van der Waals surface area contributed by atoms with Crippen LogP contribution in [-0.2, 0) is 0 Å². The van der Waals surface area contributed by atoms with E-state index in [1.54, 1.807) is 6.07 Å². The number of anilines is 1. The van der Waals surface area contributed by atoms with Crippen molar-refractivity contribution in [3.8, 4) is 0 Å². The molecule has 0 saturated carbocycles. The summed E-state index contributed by atoms with van der Waals surface area (Å²) in [7, 11) is 2.13. The van der Waals surface area contributed by atoms with Crippen LogP contribution in [0.5, 0.6) is 0 Å². The molecule has 2 aromatic carbocycles. The number of fused-ring (bicyclic) bond motifs is 3. The lowest BCUT2D eigenvalue weighted by atomic mass is 10.1. The van der Waals surface area contributed by atoms with Crippen LogP contribution in [-0.4, -0.2) is 11.4 Å². The highest BCUT2D eigenvalue weighted by molar-refractivity contribution is 6.16. The molecule has 0 spiro atoms. The Morgan fingerprint density at radius 3 is 2.52 bits per heavy atom. The molecule has 0 atom stereocenters. The van der Waals surface area contributed by atoms with E-state index in [0.29, 0.717) is 0 Å². The lowest BCUT2D eigenvalue weighted by Gasteiger charge is -2.25. The van der Waals surface area contributed by atoms with Crippen molar-refractivity contribution in [3.63, 3.8) is 0 Å². The van der Waals surface area contributed by atoms with Gasteiger partial charge in [-0.3, -0.25) is 4.79 Å². The van der Waals surface area contributed by atoms with Crippen molar-refractivity contribution < 1.29 is 0 Å². The molecule has 2 aromatic heterocycles. The highest BCUT2D eigenvalue weighted by Crippen LogP contribution is 2.37. The number of allylic oxidation sites excluding steroid dienone is 4. The van der Waals surface area contributed by atoms with Gasteiger partial charge in [0.05, 0.1) is 16.7 Å². The van der Waals surface area contributed by atoms with E-state index in [1.165, 1.54) is 16.8 Å². The number of hydrogen-bond acceptors (Lipinski definition) is 2. The van der Waals surface area contributed by atoms with Crippen LogP contribution >= 0.6 is 0 Å². The molecule has 0 unspecified atom stereocenters. The molecule has 0 bridgehead atoms. The second-order valence-corrected chi connectivity index (χ2v) is 6.61.